The van der Waals surface area contributed by atoms with E-state index in [0.717, 1.165) is 13.1 Å². The van der Waals surface area contributed by atoms with Gasteiger partial charge < -0.3 is 4.90 Å². The lowest BCUT2D eigenvalue weighted by Crippen LogP contribution is -2.24. The van der Waals surface area contributed by atoms with Gasteiger partial charge in [-0.3, -0.25) is 0 Å². The quantitative estimate of drug-likeness (QED) is 0.225. The first-order valence-electron chi connectivity index (χ1n) is 10.4. The van der Waals surface area contributed by atoms with Crippen LogP contribution >= 0.6 is 0 Å². The summed E-state index contributed by atoms with van der Waals surface area (Å²) in [7, 11) is 0. The zero-order chi connectivity index (χ0) is 18.2. The van der Waals surface area contributed by atoms with E-state index in [2.05, 4.69) is 49.2 Å². The minimum Gasteiger partial charge on any atom is -0.364 e. The number of anilines is 1. The van der Waals surface area contributed by atoms with Gasteiger partial charge in [0.1, 0.15) is 0 Å². The molecule has 0 aliphatic heterocycles. The maximum Gasteiger partial charge on any atom is 0.0404 e. The second kappa shape index (κ2) is 14.8. The third kappa shape index (κ3) is 9.53. The Kier molecular flexibility index (Phi) is 12.8. The van der Waals surface area contributed by atoms with Crippen LogP contribution in [0.1, 0.15) is 76.7 Å². The van der Waals surface area contributed by atoms with E-state index in [1.54, 1.807) is 0 Å². The number of hydrogen-bond acceptors (Lipinski definition) is 1. The molecule has 1 nitrogen and oxygen atoms in total. The highest BCUT2D eigenvalue weighted by Gasteiger charge is 2.08. The van der Waals surface area contributed by atoms with E-state index in [-0.39, 0.29) is 0 Å². The molecular formula is C24H39N. The van der Waals surface area contributed by atoms with Crippen molar-refractivity contribution < 1.29 is 0 Å². The van der Waals surface area contributed by atoms with Gasteiger partial charge in [-0.05, 0) is 24.5 Å². The van der Waals surface area contributed by atoms with Crippen molar-refractivity contribution in [2.75, 3.05) is 18.0 Å². The van der Waals surface area contributed by atoms with Gasteiger partial charge in [0.05, 0.1) is 0 Å². The zero-order valence-corrected chi connectivity index (χ0v) is 16.5. The molecule has 140 valence electrons. The molecule has 0 saturated heterocycles. The second-order valence-corrected chi connectivity index (χ2v) is 7.04. The SMILES string of the molecule is C=CCN(CC=C)c1ccccc1CCCCCCCCCCCC. The molecule has 0 amide bonds. The van der Waals surface area contributed by atoms with Gasteiger partial charge in [-0.15, -0.1) is 13.2 Å². The summed E-state index contributed by atoms with van der Waals surface area (Å²) in [4.78, 5) is 2.35. The molecule has 0 saturated carbocycles. The second-order valence-electron chi connectivity index (χ2n) is 7.04. The number of unbranched alkanes of at least 4 members (excludes halogenated alkanes) is 9. The molecule has 0 unspecified atom stereocenters. The van der Waals surface area contributed by atoms with Crippen LogP contribution in [0.5, 0.6) is 0 Å². The number of aryl methyl sites for hydroxylation is 1. The fourth-order valence-electron chi connectivity index (χ4n) is 3.42. The highest BCUT2D eigenvalue weighted by molar-refractivity contribution is 5.54. The average Bonchev–Trinajstić information content (AvgIpc) is 2.63. The summed E-state index contributed by atoms with van der Waals surface area (Å²) in [5.74, 6) is 0. The first-order chi connectivity index (χ1) is 12.3. The van der Waals surface area contributed by atoms with Gasteiger partial charge in [-0.2, -0.15) is 0 Å². The Balaban J connectivity index is 2.28. The number of para-hydroxylation sites is 1. The molecule has 0 atom stereocenters. The number of nitrogens with zero attached hydrogens (tertiary/aromatic N) is 1. The van der Waals surface area contributed by atoms with Crippen LogP contribution in [0.15, 0.2) is 49.6 Å². The minimum absolute atomic E-state index is 0.876. The van der Waals surface area contributed by atoms with E-state index < -0.39 is 0 Å². The fourth-order valence-corrected chi connectivity index (χ4v) is 3.42. The highest BCUT2D eigenvalue weighted by Crippen LogP contribution is 2.23. The van der Waals surface area contributed by atoms with Crippen molar-refractivity contribution in [2.45, 2.75) is 77.6 Å². The van der Waals surface area contributed by atoms with Gasteiger partial charge in [0.2, 0.25) is 0 Å². The lowest BCUT2D eigenvalue weighted by Gasteiger charge is -2.24. The van der Waals surface area contributed by atoms with Gasteiger partial charge in [0.25, 0.3) is 0 Å². The van der Waals surface area contributed by atoms with Crippen LogP contribution in [-0.2, 0) is 6.42 Å². The molecule has 0 bridgehead atoms. The number of benzene rings is 1. The molecule has 1 heteroatoms. The van der Waals surface area contributed by atoms with E-state index in [9.17, 15) is 0 Å². The minimum atomic E-state index is 0.876. The number of rotatable bonds is 16. The molecule has 1 aromatic rings. The van der Waals surface area contributed by atoms with Gasteiger partial charge >= 0.3 is 0 Å². The van der Waals surface area contributed by atoms with Crippen molar-refractivity contribution in [1.29, 1.82) is 0 Å². The monoisotopic (exact) mass is 341 g/mol. The molecular weight excluding hydrogens is 302 g/mol. The van der Waals surface area contributed by atoms with E-state index in [4.69, 9.17) is 0 Å². The highest BCUT2D eigenvalue weighted by atomic mass is 15.1. The summed E-state index contributed by atoms with van der Waals surface area (Å²) in [6, 6.07) is 8.81. The Hall–Kier alpha value is -1.50. The summed E-state index contributed by atoms with van der Waals surface area (Å²) in [5.41, 5.74) is 2.81. The summed E-state index contributed by atoms with van der Waals surface area (Å²) >= 11 is 0. The maximum atomic E-state index is 3.89. The van der Waals surface area contributed by atoms with Crippen LogP contribution in [-0.4, -0.2) is 13.1 Å². The van der Waals surface area contributed by atoms with Crippen molar-refractivity contribution >= 4 is 5.69 Å². The largest absolute Gasteiger partial charge is 0.364 e. The molecule has 1 rings (SSSR count). The third-order valence-electron chi connectivity index (χ3n) is 4.83. The first kappa shape index (κ1) is 21.5. The van der Waals surface area contributed by atoms with E-state index in [0.29, 0.717) is 0 Å². The lowest BCUT2D eigenvalue weighted by molar-refractivity contribution is 0.556. The van der Waals surface area contributed by atoms with Gasteiger partial charge in [0.15, 0.2) is 0 Å². The Morgan fingerprint density at radius 2 is 1.28 bits per heavy atom. The van der Waals surface area contributed by atoms with Crippen molar-refractivity contribution in [1.82, 2.24) is 0 Å². The Morgan fingerprint density at radius 1 is 0.760 bits per heavy atom. The van der Waals surface area contributed by atoms with Crippen molar-refractivity contribution in [3.8, 4) is 0 Å². The molecule has 25 heavy (non-hydrogen) atoms. The van der Waals surface area contributed by atoms with Gasteiger partial charge in [-0.25, -0.2) is 0 Å². The molecule has 0 radical (unpaired) electrons. The molecule has 0 aliphatic rings. The Morgan fingerprint density at radius 3 is 1.84 bits per heavy atom. The van der Waals surface area contributed by atoms with Crippen molar-refractivity contribution in [3.63, 3.8) is 0 Å². The van der Waals surface area contributed by atoms with Crippen LogP contribution in [0.25, 0.3) is 0 Å². The van der Waals surface area contributed by atoms with E-state index in [1.165, 1.54) is 81.9 Å². The molecule has 0 aromatic heterocycles. The summed E-state index contributed by atoms with van der Waals surface area (Å²) in [5, 5.41) is 0. The van der Waals surface area contributed by atoms with Crippen molar-refractivity contribution in [3.05, 3.63) is 55.1 Å². The normalized spacial score (nSPS) is 10.6. The third-order valence-corrected chi connectivity index (χ3v) is 4.83. The van der Waals surface area contributed by atoms with Crippen LogP contribution in [0, 0.1) is 0 Å². The average molecular weight is 342 g/mol. The first-order valence-corrected chi connectivity index (χ1v) is 10.4. The van der Waals surface area contributed by atoms with Crippen LogP contribution in [0.3, 0.4) is 0 Å². The molecule has 0 heterocycles. The predicted octanol–water partition coefficient (Wildman–Crippen LogP) is 7.33. The molecule has 1 aromatic carbocycles. The van der Waals surface area contributed by atoms with Gasteiger partial charge in [0, 0.05) is 18.8 Å². The standard InChI is InChI=1S/C24H39N/c1-4-7-8-9-10-11-12-13-14-15-18-23-19-16-17-20-24(23)25(21-5-2)22-6-3/h5-6,16-17,19-20H,2-4,7-15,18,21-22H2,1H3. The summed E-state index contributed by atoms with van der Waals surface area (Å²) in [6.45, 7) is 11.8. The topological polar surface area (TPSA) is 3.24 Å². The summed E-state index contributed by atoms with van der Waals surface area (Å²) in [6.07, 6.45) is 19.0. The van der Waals surface area contributed by atoms with Crippen LogP contribution < -0.4 is 4.90 Å². The molecule has 0 N–H and O–H groups in total. The van der Waals surface area contributed by atoms with E-state index >= 15 is 0 Å². The molecule has 0 aliphatic carbocycles. The fraction of sp³-hybridized carbons (Fsp3) is 0.583. The molecule has 0 spiro atoms. The summed E-state index contributed by atoms with van der Waals surface area (Å²) < 4.78 is 0. The molecule has 0 fully saturated rings. The Labute approximate surface area is 156 Å². The lowest BCUT2D eigenvalue weighted by atomic mass is 10.0. The Bertz CT molecular complexity index is 453. The smallest absolute Gasteiger partial charge is 0.0404 e. The number of hydrogen-bond donors (Lipinski definition) is 0. The van der Waals surface area contributed by atoms with Gasteiger partial charge in [-0.1, -0.05) is 95.1 Å². The predicted molar refractivity (Wildman–Crippen MR) is 115 cm³/mol. The van der Waals surface area contributed by atoms with Crippen LogP contribution in [0.4, 0.5) is 5.69 Å². The van der Waals surface area contributed by atoms with Crippen molar-refractivity contribution in [2.24, 2.45) is 0 Å². The van der Waals surface area contributed by atoms with Crippen LogP contribution in [0.2, 0.25) is 0 Å². The zero-order valence-electron chi connectivity index (χ0n) is 16.5. The maximum absolute atomic E-state index is 3.89. The van der Waals surface area contributed by atoms with E-state index in [1.807, 2.05) is 12.2 Å².